The third-order valence-corrected chi connectivity index (χ3v) is 2.75. The molecule has 0 aliphatic carbocycles. The number of hydrogen-bond donors (Lipinski definition) is 2. The van der Waals surface area contributed by atoms with Gasteiger partial charge in [-0.05, 0) is 6.92 Å². The van der Waals surface area contributed by atoms with Gasteiger partial charge < -0.3 is 15.8 Å². The van der Waals surface area contributed by atoms with Crippen molar-refractivity contribution >= 4 is 28.3 Å². The van der Waals surface area contributed by atoms with Gasteiger partial charge in [-0.15, -0.1) is 11.3 Å². The van der Waals surface area contributed by atoms with Gasteiger partial charge in [-0.3, -0.25) is 4.79 Å². The first-order chi connectivity index (χ1) is 7.54. The van der Waals surface area contributed by atoms with Crippen LogP contribution in [0.1, 0.15) is 21.8 Å². The number of rotatable bonds is 5. The van der Waals surface area contributed by atoms with Crippen molar-refractivity contribution in [3.8, 4) is 0 Å². The van der Waals surface area contributed by atoms with E-state index in [9.17, 15) is 9.59 Å². The minimum atomic E-state index is -0.461. The Morgan fingerprint density at radius 1 is 1.56 bits per heavy atom. The molecule has 0 aromatic carbocycles. The number of nitrogens with zero attached hydrogens (tertiary/aromatic N) is 1. The predicted octanol–water partition coefficient (Wildman–Crippen LogP) is 0.525. The van der Waals surface area contributed by atoms with Crippen molar-refractivity contribution in [2.45, 2.75) is 13.3 Å². The quantitative estimate of drug-likeness (QED) is 0.735. The molecule has 3 N–H and O–H groups in total. The molecule has 1 rings (SSSR count). The van der Waals surface area contributed by atoms with Crippen LogP contribution >= 0.6 is 11.3 Å². The number of anilines is 1. The molecule has 0 atom stereocenters. The summed E-state index contributed by atoms with van der Waals surface area (Å²) in [6.07, 6.45) is 0.228. The Kier molecular flexibility index (Phi) is 4.24. The van der Waals surface area contributed by atoms with E-state index in [0.717, 1.165) is 4.88 Å². The van der Waals surface area contributed by atoms with Gasteiger partial charge in [0.1, 0.15) is 0 Å². The van der Waals surface area contributed by atoms with Crippen molar-refractivity contribution in [1.29, 1.82) is 0 Å². The number of nitrogens with one attached hydrogen (secondary N) is 1. The van der Waals surface area contributed by atoms with E-state index in [1.54, 1.807) is 6.92 Å². The van der Waals surface area contributed by atoms with E-state index in [2.05, 4.69) is 15.0 Å². The van der Waals surface area contributed by atoms with Crippen molar-refractivity contribution in [1.82, 2.24) is 4.98 Å². The standard InChI is InChI=1S/C9H13N3O3S/c1-5-7(8(14)15-2)12-9(16-5)11-4-3-6(10)13/h3-4H2,1-2H3,(H2,10,13)(H,11,12). The van der Waals surface area contributed by atoms with Crippen LogP contribution in [0.3, 0.4) is 0 Å². The highest BCUT2D eigenvalue weighted by atomic mass is 32.1. The van der Waals surface area contributed by atoms with Crippen LogP contribution in [0.5, 0.6) is 0 Å². The summed E-state index contributed by atoms with van der Waals surface area (Å²) in [6.45, 7) is 2.19. The monoisotopic (exact) mass is 243 g/mol. The SMILES string of the molecule is COC(=O)c1nc(NCCC(N)=O)sc1C. The maximum atomic E-state index is 11.2. The summed E-state index contributed by atoms with van der Waals surface area (Å²) >= 11 is 1.33. The Morgan fingerprint density at radius 2 is 2.25 bits per heavy atom. The predicted molar refractivity (Wildman–Crippen MR) is 60.5 cm³/mol. The average Bonchev–Trinajstić information content (AvgIpc) is 2.58. The van der Waals surface area contributed by atoms with Gasteiger partial charge >= 0.3 is 5.97 Å². The first kappa shape index (κ1) is 12.4. The van der Waals surface area contributed by atoms with Crippen LogP contribution in [0.15, 0.2) is 0 Å². The lowest BCUT2D eigenvalue weighted by molar-refractivity contribution is -0.117. The Morgan fingerprint density at radius 3 is 2.81 bits per heavy atom. The highest BCUT2D eigenvalue weighted by Crippen LogP contribution is 2.22. The van der Waals surface area contributed by atoms with Crippen molar-refractivity contribution in [3.63, 3.8) is 0 Å². The largest absolute Gasteiger partial charge is 0.464 e. The molecule has 0 bridgehead atoms. The molecule has 6 nitrogen and oxygen atoms in total. The second-order valence-electron chi connectivity index (χ2n) is 3.06. The maximum absolute atomic E-state index is 11.2. The van der Waals surface area contributed by atoms with Crippen molar-refractivity contribution < 1.29 is 14.3 Å². The number of methoxy groups -OCH3 is 1. The number of aryl methyl sites for hydroxylation is 1. The normalized spacial score (nSPS) is 9.88. The summed E-state index contributed by atoms with van der Waals surface area (Å²) in [6, 6.07) is 0. The molecule has 88 valence electrons. The Labute approximate surface area is 96.8 Å². The zero-order valence-corrected chi connectivity index (χ0v) is 9.89. The molecule has 0 saturated carbocycles. The van der Waals surface area contributed by atoms with Crippen LogP contribution in [-0.2, 0) is 9.53 Å². The van der Waals surface area contributed by atoms with E-state index in [-0.39, 0.29) is 12.3 Å². The zero-order valence-electron chi connectivity index (χ0n) is 9.07. The first-order valence-electron chi connectivity index (χ1n) is 4.62. The smallest absolute Gasteiger partial charge is 0.357 e. The number of hydrogen-bond acceptors (Lipinski definition) is 6. The van der Waals surface area contributed by atoms with Gasteiger partial charge in [-0.25, -0.2) is 9.78 Å². The van der Waals surface area contributed by atoms with Gasteiger partial charge in [0.2, 0.25) is 5.91 Å². The van der Waals surface area contributed by atoms with E-state index in [0.29, 0.717) is 17.4 Å². The Hall–Kier alpha value is -1.63. The number of carbonyl (C=O) groups is 2. The van der Waals surface area contributed by atoms with Crippen LogP contribution in [0.2, 0.25) is 0 Å². The number of ether oxygens (including phenoxy) is 1. The number of carbonyl (C=O) groups excluding carboxylic acids is 2. The van der Waals surface area contributed by atoms with E-state index >= 15 is 0 Å². The summed E-state index contributed by atoms with van der Waals surface area (Å²) in [5.41, 5.74) is 5.29. The topological polar surface area (TPSA) is 94.3 Å². The third kappa shape index (κ3) is 3.20. The minimum Gasteiger partial charge on any atom is -0.464 e. The molecule has 0 unspecified atom stereocenters. The fraction of sp³-hybridized carbons (Fsp3) is 0.444. The second-order valence-corrected chi connectivity index (χ2v) is 4.26. The number of primary amides is 1. The number of thiazole rings is 1. The van der Waals surface area contributed by atoms with Gasteiger partial charge in [-0.2, -0.15) is 0 Å². The summed E-state index contributed by atoms with van der Waals surface area (Å²) < 4.78 is 4.58. The summed E-state index contributed by atoms with van der Waals surface area (Å²) in [5, 5.41) is 3.50. The molecule has 0 saturated heterocycles. The molecule has 0 radical (unpaired) electrons. The average molecular weight is 243 g/mol. The van der Waals surface area contributed by atoms with Gasteiger partial charge in [0.05, 0.1) is 7.11 Å². The number of nitrogens with two attached hydrogens (primary N) is 1. The van der Waals surface area contributed by atoms with E-state index in [4.69, 9.17) is 5.73 Å². The van der Waals surface area contributed by atoms with Crippen molar-refractivity contribution in [2.75, 3.05) is 19.0 Å². The number of aromatic nitrogens is 1. The van der Waals surface area contributed by atoms with Gasteiger partial charge in [0, 0.05) is 17.8 Å². The molecule has 1 aromatic rings. The van der Waals surface area contributed by atoms with Crippen LogP contribution in [-0.4, -0.2) is 30.5 Å². The molecule has 0 spiro atoms. The van der Waals surface area contributed by atoms with Gasteiger partial charge in [0.15, 0.2) is 10.8 Å². The van der Waals surface area contributed by atoms with Gasteiger partial charge in [0.25, 0.3) is 0 Å². The summed E-state index contributed by atoms with van der Waals surface area (Å²) in [5.74, 6) is -0.842. The third-order valence-electron chi connectivity index (χ3n) is 1.82. The number of esters is 1. The number of amides is 1. The Balaban J connectivity index is 2.62. The minimum absolute atomic E-state index is 0.228. The van der Waals surface area contributed by atoms with Crippen LogP contribution in [0.4, 0.5) is 5.13 Å². The highest BCUT2D eigenvalue weighted by molar-refractivity contribution is 7.15. The van der Waals surface area contributed by atoms with Crippen molar-refractivity contribution in [3.05, 3.63) is 10.6 Å². The highest BCUT2D eigenvalue weighted by Gasteiger charge is 2.15. The fourth-order valence-electron chi connectivity index (χ4n) is 1.05. The maximum Gasteiger partial charge on any atom is 0.357 e. The lowest BCUT2D eigenvalue weighted by atomic mass is 10.4. The molecule has 0 aliphatic rings. The fourth-order valence-corrected chi connectivity index (χ4v) is 1.88. The lowest BCUT2D eigenvalue weighted by Gasteiger charge is -1.98. The van der Waals surface area contributed by atoms with Crippen molar-refractivity contribution in [2.24, 2.45) is 5.73 Å². The second kappa shape index (κ2) is 5.45. The van der Waals surface area contributed by atoms with Crippen LogP contribution < -0.4 is 11.1 Å². The van der Waals surface area contributed by atoms with Gasteiger partial charge in [-0.1, -0.05) is 0 Å². The zero-order chi connectivity index (χ0) is 12.1. The first-order valence-corrected chi connectivity index (χ1v) is 5.44. The van der Waals surface area contributed by atoms with Crippen LogP contribution in [0.25, 0.3) is 0 Å². The summed E-state index contributed by atoms with van der Waals surface area (Å²) in [7, 11) is 1.31. The summed E-state index contributed by atoms with van der Waals surface area (Å²) in [4.78, 5) is 26.6. The Bertz CT molecular complexity index is 403. The molecule has 7 heteroatoms. The molecular weight excluding hydrogens is 230 g/mol. The molecule has 1 heterocycles. The molecule has 0 fully saturated rings. The molecule has 0 aliphatic heterocycles. The lowest BCUT2D eigenvalue weighted by Crippen LogP contribution is -2.15. The van der Waals surface area contributed by atoms with E-state index < -0.39 is 5.97 Å². The van der Waals surface area contributed by atoms with Crippen LogP contribution in [0, 0.1) is 6.92 Å². The van der Waals surface area contributed by atoms with E-state index in [1.807, 2.05) is 0 Å². The molecular formula is C9H13N3O3S. The molecule has 16 heavy (non-hydrogen) atoms. The molecule has 1 amide bonds. The van der Waals surface area contributed by atoms with E-state index in [1.165, 1.54) is 18.4 Å². The molecule has 1 aromatic heterocycles.